The Bertz CT molecular complexity index is 1120. The Balaban J connectivity index is 1.56. The molecule has 2 aliphatic rings. The molecule has 0 bridgehead atoms. The van der Waals surface area contributed by atoms with Crippen molar-refractivity contribution in [3.05, 3.63) is 22.8 Å². The van der Waals surface area contributed by atoms with Crippen molar-refractivity contribution in [2.24, 2.45) is 17.3 Å². The van der Waals surface area contributed by atoms with Gasteiger partial charge in [0.15, 0.2) is 0 Å². The maximum absolute atomic E-state index is 13.2. The Morgan fingerprint density at radius 2 is 1.97 bits per heavy atom. The van der Waals surface area contributed by atoms with Gasteiger partial charge in [0.2, 0.25) is 0 Å². The minimum Gasteiger partial charge on any atom is -0.458 e. The highest BCUT2D eigenvalue weighted by Crippen LogP contribution is 2.36. The van der Waals surface area contributed by atoms with Gasteiger partial charge in [-0.25, -0.2) is 4.52 Å². The Kier molecular flexibility index (Phi) is 7.99. The molecule has 2 N–H and O–H groups in total. The summed E-state index contributed by atoms with van der Waals surface area (Å²) in [4.78, 5) is 27.1. The minimum atomic E-state index is -1.24. The largest absolute Gasteiger partial charge is 0.458 e. The number of ketones is 1. The number of hydrogen-bond donors (Lipinski definition) is 2. The molecule has 2 saturated heterocycles. The number of aliphatic hydroxyl groups excluding tert-OH is 2. The maximum atomic E-state index is 13.2. The molecule has 2 fully saturated rings. The van der Waals surface area contributed by atoms with E-state index in [4.69, 9.17) is 9.47 Å². The Morgan fingerprint density at radius 1 is 1.22 bits per heavy atom. The van der Waals surface area contributed by atoms with Crippen molar-refractivity contribution in [3.63, 3.8) is 0 Å². The third kappa shape index (κ3) is 5.72. The number of carbonyl (C=O) groups excluding carboxylic acids is 2. The molecule has 1 unspecified atom stereocenters. The second-order valence-corrected chi connectivity index (χ2v) is 11.8. The van der Waals surface area contributed by atoms with Crippen LogP contribution < -0.4 is 0 Å². The lowest BCUT2D eigenvalue weighted by molar-refractivity contribution is -0.154. The van der Waals surface area contributed by atoms with Crippen molar-refractivity contribution < 1.29 is 29.3 Å². The number of ether oxygens (including phenoxy) is 2. The highest BCUT2D eigenvalue weighted by molar-refractivity contribution is 7.15. The van der Waals surface area contributed by atoms with Crippen LogP contribution in [0.5, 0.6) is 0 Å². The zero-order valence-corrected chi connectivity index (χ0v) is 22.4. The van der Waals surface area contributed by atoms with Crippen molar-refractivity contribution in [1.29, 1.82) is 0 Å². The Morgan fingerprint density at radius 3 is 2.72 bits per heavy atom. The summed E-state index contributed by atoms with van der Waals surface area (Å²) in [5.41, 5.74) is 0.468. The van der Waals surface area contributed by atoms with Gasteiger partial charge in [-0.15, -0.1) is 16.4 Å². The van der Waals surface area contributed by atoms with Gasteiger partial charge in [0.05, 0.1) is 48.1 Å². The fraction of sp³-hybridized carbons (Fsp3) is 0.692. The summed E-state index contributed by atoms with van der Waals surface area (Å²) >= 11 is 1.52. The number of nitrogens with zero attached hydrogens (tertiary/aromatic N) is 3. The summed E-state index contributed by atoms with van der Waals surface area (Å²) in [7, 11) is 0. The molecule has 0 aliphatic carbocycles. The van der Waals surface area contributed by atoms with Crippen molar-refractivity contribution in [2.75, 3.05) is 0 Å². The van der Waals surface area contributed by atoms with Gasteiger partial charge in [-0.3, -0.25) is 9.59 Å². The molecule has 198 valence electrons. The number of rotatable bonds is 2. The van der Waals surface area contributed by atoms with Gasteiger partial charge in [-0.1, -0.05) is 39.3 Å². The molecule has 36 heavy (non-hydrogen) atoms. The smallest absolute Gasteiger partial charge is 0.309 e. The molecule has 2 aromatic rings. The first kappa shape index (κ1) is 26.9. The van der Waals surface area contributed by atoms with Crippen LogP contribution in [0, 0.1) is 17.3 Å². The fourth-order valence-corrected chi connectivity index (χ4v) is 5.84. The SMILES string of the molecule is C/C(=C\c1csc2cnnn12)[C@@H]1C[C@@H]2O[C@@H]2CCC[C@H](C)C(O)[C@@H](C)C(=O)C(C)(C)[C@@H](O)CC(=O)O1. The van der Waals surface area contributed by atoms with Gasteiger partial charge in [-0.05, 0) is 37.3 Å². The molecule has 9 nitrogen and oxygen atoms in total. The van der Waals surface area contributed by atoms with Crippen LogP contribution in [0.15, 0.2) is 17.2 Å². The van der Waals surface area contributed by atoms with Crippen molar-refractivity contribution in [3.8, 4) is 0 Å². The van der Waals surface area contributed by atoms with E-state index in [0.29, 0.717) is 6.42 Å². The Labute approximate surface area is 215 Å². The van der Waals surface area contributed by atoms with Crippen LogP contribution in [-0.4, -0.2) is 67.3 Å². The number of Topliss-reactive ketones (excluding diaryl/α,β-unsaturated/α-hetero) is 1. The van der Waals surface area contributed by atoms with Crippen LogP contribution in [0.25, 0.3) is 10.9 Å². The highest BCUT2D eigenvalue weighted by Gasteiger charge is 2.44. The third-order valence-corrected chi connectivity index (χ3v) is 8.72. The maximum Gasteiger partial charge on any atom is 0.309 e. The number of epoxide rings is 1. The predicted molar refractivity (Wildman–Crippen MR) is 135 cm³/mol. The summed E-state index contributed by atoms with van der Waals surface area (Å²) in [6, 6.07) is 0. The number of aromatic nitrogens is 3. The second-order valence-electron chi connectivity index (χ2n) is 11.0. The standard InChI is InChI=1S/C26H37N3O6S/c1-14-7-6-8-18-20(34-18)10-19(15(2)9-17-13-36-22-12-27-28-29(17)22)35-23(31)11-21(30)26(4,5)25(33)16(3)24(14)32/h9,12-14,16,18-21,24,30,32H,6-8,10-11H2,1-5H3/b15-9+/t14-,16+,18+,19-,20-,21-,24?/m0/s1. The zero-order chi connectivity index (χ0) is 26.2. The van der Waals surface area contributed by atoms with E-state index in [1.165, 1.54) is 11.3 Å². The van der Waals surface area contributed by atoms with Gasteiger partial charge in [-0.2, -0.15) is 0 Å². The van der Waals surface area contributed by atoms with Crippen LogP contribution in [0.2, 0.25) is 0 Å². The number of thiazole rings is 1. The van der Waals surface area contributed by atoms with E-state index in [0.717, 1.165) is 35.4 Å². The van der Waals surface area contributed by atoms with E-state index in [2.05, 4.69) is 10.3 Å². The first-order chi connectivity index (χ1) is 17.0. The first-order valence-corrected chi connectivity index (χ1v) is 13.6. The third-order valence-electron chi connectivity index (χ3n) is 7.84. The second kappa shape index (κ2) is 10.7. The highest BCUT2D eigenvalue weighted by atomic mass is 32.1. The van der Waals surface area contributed by atoms with Gasteiger partial charge in [0, 0.05) is 17.7 Å². The normalized spacial score (nSPS) is 34.9. The predicted octanol–water partition coefficient (Wildman–Crippen LogP) is 3.43. The number of carbonyl (C=O) groups is 2. The zero-order valence-electron chi connectivity index (χ0n) is 21.6. The number of cyclic esters (lactones) is 1. The monoisotopic (exact) mass is 519 g/mol. The average molecular weight is 520 g/mol. The van der Waals surface area contributed by atoms with Crippen molar-refractivity contribution >= 4 is 34.0 Å². The van der Waals surface area contributed by atoms with Crippen LogP contribution in [0.4, 0.5) is 0 Å². The van der Waals surface area contributed by atoms with E-state index in [9.17, 15) is 19.8 Å². The molecule has 0 saturated carbocycles. The van der Waals surface area contributed by atoms with E-state index < -0.39 is 35.6 Å². The number of aliphatic hydroxyl groups is 2. The molecule has 0 amide bonds. The fourth-order valence-electron chi connectivity index (χ4n) is 5.09. The van der Waals surface area contributed by atoms with Crippen LogP contribution >= 0.6 is 11.3 Å². The van der Waals surface area contributed by atoms with Crippen molar-refractivity contribution in [1.82, 2.24) is 14.8 Å². The summed E-state index contributed by atoms with van der Waals surface area (Å²) < 4.78 is 13.5. The van der Waals surface area contributed by atoms with Crippen LogP contribution in [0.3, 0.4) is 0 Å². The van der Waals surface area contributed by atoms with Gasteiger partial charge in [0.1, 0.15) is 16.7 Å². The average Bonchev–Trinajstić information content (AvgIpc) is 3.21. The lowest BCUT2D eigenvalue weighted by Gasteiger charge is -2.34. The molecule has 7 atom stereocenters. The van der Waals surface area contributed by atoms with E-state index >= 15 is 0 Å². The molecule has 2 aromatic heterocycles. The molecule has 0 spiro atoms. The summed E-state index contributed by atoms with van der Waals surface area (Å²) in [5, 5.41) is 31.7. The summed E-state index contributed by atoms with van der Waals surface area (Å²) in [5.74, 6) is -1.57. The molecule has 10 heteroatoms. The lowest BCUT2D eigenvalue weighted by Crippen LogP contribution is -2.45. The van der Waals surface area contributed by atoms with E-state index in [1.807, 2.05) is 25.3 Å². The quantitative estimate of drug-likeness (QED) is 0.457. The molecule has 0 aromatic carbocycles. The lowest BCUT2D eigenvalue weighted by atomic mass is 9.73. The molecular formula is C26H37N3O6S. The van der Waals surface area contributed by atoms with Crippen LogP contribution in [-0.2, 0) is 19.1 Å². The molecule has 4 heterocycles. The molecule has 2 aliphatic heterocycles. The molecule has 0 radical (unpaired) electrons. The number of hydrogen-bond acceptors (Lipinski definition) is 9. The van der Waals surface area contributed by atoms with Crippen molar-refractivity contribution in [2.45, 2.75) is 97.2 Å². The van der Waals surface area contributed by atoms with Gasteiger partial charge < -0.3 is 19.7 Å². The number of fused-ring (bicyclic) bond motifs is 2. The molecular weight excluding hydrogens is 482 g/mol. The molecule has 4 rings (SSSR count). The summed E-state index contributed by atoms with van der Waals surface area (Å²) in [6.07, 6.45) is 3.78. The minimum absolute atomic E-state index is 0.0185. The number of esters is 1. The first-order valence-electron chi connectivity index (χ1n) is 12.7. The topological polar surface area (TPSA) is 127 Å². The van der Waals surface area contributed by atoms with E-state index in [1.54, 1.807) is 31.5 Å². The summed E-state index contributed by atoms with van der Waals surface area (Å²) in [6.45, 7) is 8.79. The van der Waals surface area contributed by atoms with Gasteiger partial charge in [0.25, 0.3) is 0 Å². The van der Waals surface area contributed by atoms with Crippen LogP contribution in [0.1, 0.15) is 72.4 Å². The Hall–Kier alpha value is -2.14. The van der Waals surface area contributed by atoms with E-state index in [-0.39, 0.29) is 30.3 Å². The van der Waals surface area contributed by atoms with Gasteiger partial charge >= 0.3 is 5.97 Å².